The Bertz CT molecular complexity index is 529. The Kier molecular flexibility index (Phi) is 30.8. The van der Waals surface area contributed by atoms with E-state index >= 15 is 0 Å². The lowest BCUT2D eigenvalue weighted by Gasteiger charge is -2.05. The fourth-order valence-electron chi connectivity index (χ4n) is 4.92. The summed E-state index contributed by atoms with van der Waals surface area (Å²) in [6.07, 6.45) is 37.9. The SMILES string of the molecule is CCCCCCCCC=CCCCCCCCCCCCC(=O)OCCCCCCCCCCCC(=O)O. The summed E-state index contributed by atoms with van der Waals surface area (Å²) in [6.45, 7) is 2.85. The highest BCUT2D eigenvalue weighted by atomic mass is 16.5. The quantitative estimate of drug-likeness (QED) is 0.0543. The molecule has 4 nitrogen and oxygen atoms in total. The molecule has 0 aromatic rings. The van der Waals surface area contributed by atoms with E-state index in [0.717, 1.165) is 44.9 Å². The first-order valence-electron chi connectivity index (χ1n) is 16.7. The number of carbonyl (C=O) groups is 2. The van der Waals surface area contributed by atoms with Crippen LogP contribution in [-0.4, -0.2) is 23.7 Å². The molecular formula is C34H64O4. The lowest BCUT2D eigenvalue weighted by Crippen LogP contribution is -2.05. The van der Waals surface area contributed by atoms with Gasteiger partial charge >= 0.3 is 11.9 Å². The molecule has 0 heterocycles. The van der Waals surface area contributed by atoms with Gasteiger partial charge in [0.1, 0.15) is 0 Å². The summed E-state index contributed by atoms with van der Waals surface area (Å²) in [6, 6.07) is 0. The average Bonchev–Trinajstić information content (AvgIpc) is 2.90. The molecule has 0 saturated carbocycles. The molecule has 0 aliphatic carbocycles. The summed E-state index contributed by atoms with van der Waals surface area (Å²) in [5, 5.41) is 8.61. The summed E-state index contributed by atoms with van der Waals surface area (Å²) in [4.78, 5) is 22.3. The normalized spacial score (nSPS) is 11.4. The first kappa shape index (κ1) is 36.7. The van der Waals surface area contributed by atoms with Crippen LogP contribution in [0.5, 0.6) is 0 Å². The number of esters is 1. The molecule has 0 aromatic carbocycles. The van der Waals surface area contributed by atoms with Crippen molar-refractivity contribution in [3.8, 4) is 0 Å². The molecule has 224 valence electrons. The minimum Gasteiger partial charge on any atom is -0.481 e. The standard InChI is InChI=1S/C34H64O4/c1-2-3-4-5-6-7-8-9-10-11-12-13-14-15-16-19-22-25-28-31-34(37)38-32-29-26-23-20-17-18-21-24-27-30-33(35)36/h9-10H,2-8,11-32H2,1H3,(H,35,36). The van der Waals surface area contributed by atoms with E-state index in [4.69, 9.17) is 9.84 Å². The minimum absolute atomic E-state index is 0.0209. The van der Waals surface area contributed by atoms with Crippen LogP contribution in [0.1, 0.15) is 187 Å². The van der Waals surface area contributed by atoms with E-state index in [9.17, 15) is 9.59 Å². The summed E-state index contributed by atoms with van der Waals surface area (Å²) in [5.41, 5.74) is 0. The van der Waals surface area contributed by atoms with Gasteiger partial charge in [-0.3, -0.25) is 9.59 Å². The fraction of sp³-hybridized carbons (Fsp3) is 0.882. The first-order chi connectivity index (χ1) is 18.7. The topological polar surface area (TPSA) is 63.6 Å². The lowest BCUT2D eigenvalue weighted by atomic mass is 10.1. The Hall–Kier alpha value is -1.32. The molecule has 1 N–H and O–H groups in total. The second-order valence-electron chi connectivity index (χ2n) is 11.3. The van der Waals surface area contributed by atoms with Crippen molar-refractivity contribution < 1.29 is 19.4 Å². The van der Waals surface area contributed by atoms with Gasteiger partial charge in [-0.25, -0.2) is 0 Å². The zero-order chi connectivity index (χ0) is 27.8. The molecule has 0 saturated heterocycles. The second-order valence-corrected chi connectivity index (χ2v) is 11.3. The number of ether oxygens (including phenoxy) is 1. The largest absolute Gasteiger partial charge is 0.481 e. The zero-order valence-electron chi connectivity index (χ0n) is 25.3. The van der Waals surface area contributed by atoms with Crippen LogP contribution in [0, 0.1) is 0 Å². The van der Waals surface area contributed by atoms with Gasteiger partial charge in [-0.1, -0.05) is 141 Å². The van der Waals surface area contributed by atoms with Gasteiger partial charge in [-0.05, 0) is 44.9 Å². The van der Waals surface area contributed by atoms with Crippen LogP contribution in [-0.2, 0) is 14.3 Å². The zero-order valence-corrected chi connectivity index (χ0v) is 25.3. The molecule has 0 aromatic heterocycles. The van der Waals surface area contributed by atoms with Gasteiger partial charge < -0.3 is 9.84 Å². The molecule has 0 fully saturated rings. The van der Waals surface area contributed by atoms with E-state index in [0.29, 0.717) is 19.4 Å². The molecule has 0 bridgehead atoms. The molecule has 0 atom stereocenters. The van der Waals surface area contributed by atoms with Crippen LogP contribution >= 0.6 is 0 Å². The maximum Gasteiger partial charge on any atom is 0.305 e. The van der Waals surface area contributed by atoms with E-state index < -0.39 is 5.97 Å². The summed E-state index contributed by atoms with van der Waals surface area (Å²) in [7, 11) is 0. The van der Waals surface area contributed by atoms with E-state index in [-0.39, 0.29) is 5.97 Å². The first-order valence-corrected chi connectivity index (χ1v) is 16.7. The van der Waals surface area contributed by atoms with E-state index in [2.05, 4.69) is 19.1 Å². The third-order valence-corrected chi connectivity index (χ3v) is 7.44. The molecule has 0 unspecified atom stereocenters. The Morgan fingerprint density at radius 2 is 0.868 bits per heavy atom. The highest BCUT2D eigenvalue weighted by Gasteiger charge is 2.03. The van der Waals surface area contributed by atoms with Crippen LogP contribution < -0.4 is 0 Å². The number of hydrogen-bond acceptors (Lipinski definition) is 3. The Balaban J connectivity index is 3.19. The van der Waals surface area contributed by atoms with Gasteiger partial charge in [0.15, 0.2) is 0 Å². The predicted molar refractivity (Wildman–Crippen MR) is 163 cm³/mol. The van der Waals surface area contributed by atoms with E-state index in [1.165, 1.54) is 122 Å². The number of unbranched alkanes of at least 4 members (excludes halogenated alkanes) is 23. The van der Waals surface area contributed by atoms with Crippen LogP contribution in [0.25, 0.3) is 0 Å². The van der Waals surface area contributed by atoms with Gasteiger partial charge in [-0.15, -0.1) is 0 Å². The van der Waals surface area contributed by atoms with E-state index in [1.807, 2.05) is 0 Å². The van der Waals surface area contributed by atoms with Gasteiger partial charge in [-0.2, -0.15) is 0 Å². The number of allylic oxidation sites excluding steroid dienone is 2. The number of carboxylic acids is 1. The summed E-state index contributed by atoms with van der Waals surface area (Å²) >= 11 is 0. The maximum absolute atomic E-state index is 11.9. The van der Waals surface area contributed by atoms with Gasteiger partial charge in [0.2, 0.25) is 0 Å². The third kappa shape index (κ3) is 32.7. The van der Waals surface area contributed by atoms with Gasteiger partial charge in [0, 0.05) is 12.8 Å². The highest BCUT2D eigenvalue weighted by Crippen LogP contribution is 2.13. The molecule has 38 heavy (non-hydrogen) atoms. The van der Waals surface area contributed by atoms with Crippen molar-refractivity contribution in [2.45, 2.75) is 187 Å². The van der Waals surface area contributed by atoms with Crippen molar-refractivity contribution >= 4 is 11.9 Å². The van der Waals surface area contributed by atoms with Crippen molar-refractivity contribution in [2.75, 3.05) is 6.61 Å². The van der Waals surface area contributed by atoms with Gasteiger partial charge in [0.25, 0.3) is 0 Å². The molecule has 4 heteroatoms. The maximum atomic E-state index is 11.9. The Morgan fingerprint density at radius 1 is 0.500 bits per heavy atom. The van der Waals surface area contributed by atoms with Crippen molar-refractivity contribution in [3.05, 3.63) is 12.2 Å². The van der Waals surface area contributed by atoms with Crippen molar-refractivity contribution in [3.63, 3.8) is 0 Å². The number of rotatable bonds is 31. The fourth-order valence-corrected chi connectivity index (χ4v) is 4.92. The van der Waals surface area contributed by atoms with Crippen molar-refractivity contribution in [1.82, 2.24) is 0 Å². The monoisotopic (exact) mass is 536 g/mol. The van der Waals surface area contributed by atoms with Crippen LogP contribution in [0.15, 0.2) is 12.2 Å². The molecule has 0 aliphatic heterocycles. The number of aliphatic carboxylic acids is 1. The third-order valence-electron chi connectivity index (χ3n) is 7.44. The molecule has 0 amide bonds. The van der Waals surface area contributed by atoms with Crippen molar-refractivity contribution in [2.24, 2.45) is 0 Å². The van der Waals surface area contributed by atoms with Gasteiger partial charge in [0.05, 0.1) is 6.61 Å². The van der Waals surface area contributed by atoms with Crippen LogP contribution in [0.4, 0.5) is 0 Å². The molecule has 0 radical (unpaired) electrons. The minimum atomic E-state index is -0.685. The number of carboxylic acid groups (broad SMARTS) is 1. The summed E-state index contributed by atoms with van der Waals surface area (Å²) in [5.74, 6) is -0.706. The smallest absolute Gasteiger partial charge is 0.305 e. The predicted octanol–water partition coefficient (Wildman–Crippen LogP) is 11.1. The lowest BCUT2D eigenvalue weighted by molar-refractivity contribution is -0.144. The molecule has 0 rings (SSSR count). The van der Waals surface area contributed by atoms with Crippen LogP contribution in [0.3, 0.4) is 0 Å². The van der Waals surface area contributed by atoms with E-state index in [1.54, 1.807) is 0 Å². The van der Waals surface area contributed by atoms with Crippen molar-refractivity contribution in [1.29, 1.82) is 0 Å². The Morgan fingerprint density at radius 3 is 1.32 bits per heavy atom. The summed E-state index contributed by atoms with van der Waals surface area (Å²) < 4.78 is 5.38. The second kappa shape index (κ2) is 31.9. The molecule has 0 spiro atoms. The number of carbonyl (C=O) groups excluding carboxylic acids is 1. The number of hydrogen-bond donors (Lipinski definition) is 1. The molecule has 0 aliphatic rings. The molecular weight excluding hydrogens is 472 g/mol. The average molecular weight is 537 g/mol. The van der Waals surface area contributed by atoms with Crippen LogP contribution in [0.2, 0.25) is 0 Å². The highest BCUT2D eigenvalue weighted by molar-refractivity contribution is 5.69. The Labute approximate surface area is 236 Å².